The van der Waals surface area contributed by atoms with Gasteiger partial charge in [0.2, 0.25) is 0 Å². The maximum absolute atomic E-state index is 9.88. The molecule has 1 unspecified atom stereocenters. The molecule has 182 valence electrons. The lowest BCUT2D eigenvalue weighted by Crippen LogP contribution is -2.05. The van der Waals surface area contributed by atoms with Gasteiger partial charge in [-0.15, -0.1) is 0 Å². The molecule has 6 aromatic carbocycles. The van der Waals surface area contributed by atoms with Crippen molar-refractivity contribution >= 4 is 32.3 Å². The Morgan fingerprint density at radius 1 is 0.432 bits per heavy atom. The predicted molar refractivity (Wildman–Crippen MR) is 152 cm³/mol. The molecule has 0 aliphatic carbocycles. The average Bonchev–Trinajstić information content (AvgIpc) is 2.90. The molecule has 0 spiro atoms. The third-order valence-corrected chi connectivity index (χ3v) is 7.36. The summed E-state index contributed by atoms with van der Waals surface area (Å²) in [5.74, 6) is 1.16. The molecular formula is C34H28O3. The lowest BCUT2D eigenvalue weighted by molar-refractivity contribution is 0.475. The molecule has 3 nitrogen and oxygen atoms in total. The molecule has 6 rings (SSSR count). The first-order valence-corrected chi connectivity index (χ1v) is 12.7. The van der Waals surface area contributed by atoms with Crippen LogP contribution in [0.25, 0.3) is 32.3 Å². The highest BCUT2D eigenvalue weighted by molar-refractivity contribution is 5.86. The number of rotatable bonds is 6. The fourth-order valence-corrected chi connectivity index (χ4v) is 5.37. The molecule has 0 aromatic heterocycles. The van der Waals surface area contributed by atoms with Gasteiger partial charge in [-0.05, 0) is 111 Å². The van der Waals surface area contributed by atoms with Crippen molar-refractivity contribution in [1.82, 2.24) is 0 Å². The van der Waals surface area contributed by atoms with Crippen LogP contribution in [-0.2, 0) is 12.8 Å². The number of benzene rings is 6. The molecule has 1 atom stereocenters. The normalized spacial score (nSPS) is 12.3. The molecule has 3 N–H and O–H groups in total. The first-order valence-electron chi connectivity index (χ1n) is 12.7. The van der Waals surface area contributed by atoms with E-state index in [1.54, 1.807) is 36.4 Å². The van der Waals surface area contributed by atoms with E-state index < -0.39 is 0 Å². The third-order valence-electron chi connectivity index (χ3n) is 7.36. The van der Waals surface area contributed by atoms with Crippen molar-refractivity contribution in [3.8, 4) is 17.2 Å². The molecular weight excluding hydrogens is 456 g/mol. The second-order valence-corrected chi connectivity index (χ2v) is 9.96. The summed E-state index contributed by atoms with van der Waals surface area (Å²) in [7, 11) is 0. The minimum absolute atomic E-state index is 0.281. The van der Waals surface area contributed by atoms with Crippen molar-refractivity contribution in [2.75, 3.05) is 0 Å². The van der Waals surface area contributed by atoms with Crippen LogP contribution in [0.2, 0.25) is 0 Å². The van der Waals surface area contributed by atoms with Crippen LogP contribution in [0.1, 0.15) is 29.0 Å². The van der Waals surface area contributed by atoms with Gasteiger partial charge in [0.05, 0.1) is 0 Å². The van der Waals surface area contributed by atoms with Gasteiger partial charge in [0.25, 0.3) is 0 Å². The minimum Gasteiger partial charge on any atom is -0.508 e. The van der Waals surface area contributed by atoms with Crippen LogP contribution in [-0.4, -0.2) is 15.3 Å². The highest BCUT2D eigenvalue weighted by Crippen LogP contribution is 2.32. The molecule has 0 heterocycles. The van der Waals surface area contributed by atoms with Gasteiger partial charge in [-0.1, -0.05) is 72.8 Å². The van der Waals surface area contributed by atoms with Gasteiger partial charge >= 0.3 is 0 Å². The summed E-state index contributed by atoms with van der Waals surface area (Å²) in [4.78, 5) is 0. The zero-order valence-electron chi connectivity index (χ0n) is 20.4. The van der Waals surface area contributed by atoms with Crippen molar-refractivity contribution in [2.45, 2.75) is 25.2 Å². The van der Waals surface area contributed by atoms with Gasteiger partial charge in [-0.25, -0.2) is 0 Å². The van der Waals surface area contributed by atoms with Crippen LogP contribution in [0, 0.1) is 0 Å². The summed E-state index contributed by atoms with van der Waals surface area (Å²) in [6, 6.07) is 36.0. The van der Waals surface area contributed by atoms with Crippen LogP contribution in [0.15, 0.2) is 109 Å². The second-order valence-electron chi connectivity index (χ2n) is 9.96. The van der Waals surface area contributed by atoms with Crippen LogP contribution < -0.4 is 0 Å². The summed E-state index contributed by atoms with van der Waals surface area (Å²) in [6.45, 7) is 0. The highest BCUT2D eigenvalue weighted by atomic mass is 16.3. The Kier molecular flexibility index (Phi) is 5.90. The smallest absolute Gasteiger partial charge is 0.116 e. The lowest BCUT2D eigenvalue weighted by atomic mass is 9.85. The van der Waals surface area contributed by atoms with E-state index >= 15 is 0 Å². The monoisotopic (exact) mass is 484 g/mol. The fraction of sp³-hybridized carbons (Fsp3) is 0.118. The Hall–Kier alpha value is -4.50. The fourth-order valence-electron chi connectivity index (χ4n) is 5.37. The van der Waals surface area contributed by atoms with E-state index in [-0.39, 0.29) is 17.2 Å². The molecule has 0 aliphatic rings. The predicted octanol–water partition coefficient (Wildman–Crippen LogP) is 8.22. The summed E-state index contributed by atoms with van der Waals surface area (Å²) < 4.78 is 0. The van der Waals surface area contributed by atoms with Gasteiger partial charge in [0.1, 0.15) is 17.2 Å². The zero-order valence-corrected chi connectivity index (χ0v) is 20.4. The molecule has 0 amide bonds. The number of phenolic OH excluding ortho intramolecular Hbond substituents is 3. The van der Waals surface area contributed by atoms with Gasteiger partial charge in [0.15, 0.2) is 0 Å². The first kappa shape index (κ1) is 22.9. The Morgan fingerprint density at radius 2 is 0.865 bits per heavy atom. The van der Waals surface area contributed by atoms with Crippen LogP contribution >= 0.6 is 0 Å². The molecule has 0 radical (unpaired) electrons. The largest absolute Gasteiger partial charge is 0.508 e. The number of fused-ring (bicyclic) bond motifs is 3. The quantitative estimate of drug-likeness (QED) is 0.223. The van der Waals surface area contributed by atoms with Gasteiger partial charge in [-0.3, -0.25) is 0 Å². The van der Waals surface area contributed by atoms with Crippen LogP contribution in [0.5, 0.6) is 17.2 Å². The van der Waals surface area contributed by atoms with E-state index in [9.17, 15) is 15.3 Å². The van der Waals surface area contributed by atoms with Crippen molar-refractivity contribution in [3.05, 3.63) is 126 Å². The summed E-state index contributed by atoms with van der Waals surface area (Å²) >= 11 is 0. The molecule has 0 fully saturated rings. The van der Waals surface area contributed by atoms with Crippen molar-refractivity contribution < 1.29 is 15.3 Å². The average molecular weight is 485 g/mol. The molecule has 0 saturated heterocycles. The number of hydrogen-bond donors (Lipinski definition) is 3. The number of aromatic hydroxyl groups is 3. The van der Waals surface area contributed by atoms with Gasteiger partial charge < -0.3 is 15.3 Å². The topological polar surface area (TPSA) is 60.7 Å². The molecule has 6 aromatic rings. The van der Waals surface area contributed by atoms with E-state index in [1.165, 1.54) is 16.7 Å². The lowest BCUT2D eigenvalue weighted by Gasteiger charge is -2.19. The standard InChI is InChI=1S/C34H28O3/c35-32-12-9-25-15-22(2-5-29(25)19-32)1-4-24(27-7-8-31-21-34(37)14-11-28(31)18-27)16-23-3-6-30-20-33(36)13-10-26(30)17-23/h2-3,5-15,17-21,24,35-37H,1,4,16H2. The van der Waals surface area contributed by atoms with Crippen LogP contribution in [0.4, 0.5) is 0 Å². The van der Waals surface area contributed by atoms with Crippen LogP contribution in [0.3, 0.4) is 0 Å². The molecule has 0 aliphatic heterocycles. The van der Waals surface area contributed by atoms with Crippen molar-refractivity contribution in [1.29, 1.82) is 0 Å². The zero-order chi connectivity index (χ0) is 25.4. The molecule has 3 heteroatoms. The second kappa shape index (κ2) is 9.51. The van der Waals surface area contributed by atoms with E-state index in [0.29, 0.717) is 5.92 Å². The number of hydrogen-bond acceptors (Lipinski definition) is 3. The first-order chi connectivity index (χ1) is 18.0. The summed E-state index contributed by atoms with van der Waals surface area (Å²) in [5.41, 5.74) is 3.83. The SMILES string of the molecule is Oc1ccc2cc(CCC(Cc3ccc4cc(O)ccc4c3)c3ccc4cc(O)ccc4c3)ccc2c1. The van der Waals surface area contributed by atoms with Gasteiger partial charge in [-0.2, -0.15) is 0 Å². The Morgan fingerprint density at radius 3 is 1.46 bits per heavy atom. The van der Waals surface area contributed by atoms with E-state index in [0.717, 1.165) is 51.6 Å². The van der Waals surface area contributed by atoms with E-state index in [1.807, 2.05) is 18.2 Å². The Balaban J connectivity index is 1.32. The Labute approximate surface area is 215 Å². The Bertz CT molecular complexity index is 1750. The number of phenols is 3. The van der Waals surface area contributed by atoms with E-state index in [2.05, 4.69) is 54.6 Å². The molecule has 0 saturated carbocycles. The van der Waals surface area contributed by atoms with Crippen molar-refractivity contribution in [2.24, 2.45) is 0 Å². The third kappa shape index (κ3) is 4.94. The highest BCUT2D eigenvalue weighted by Gasteiger charge is 2.15. The molecule has 0 bridgehead atoms. The number of aryl methyl sites for hydroxylation is 1. The minimum atomic E-state index is 0.281. The maximum atomic E-state index is 9.88. The molecule has 37 heavy (non-hydrogen) atoms. The summed E-state index contributed by atoms with van der Waals surface area (Å²) in [5, 5.41) is 36.0. The summed E-state index contributed by atoms with van der Waals surface area (Å²) in [6.07, 6.45) is 2.83. The van der Waals surface area contributed by atoms with E-state index in [4.69, 9.17) is 0 Å². The maximum Gasteiger partial charge on any atom is 0.116 e. The van der Waals surface area contributed by atoms with Gasteiger partial charge in [0, 0.05) is 0 Å². The van der Waals surface area contributed by atoms with Crippen molar-refractivity contribution in [3.63, 3.8) is 0 Å².